The lowest BCUT2D eigenvalue weighted by Gasteiger charge is -2.32. The molecular weight excluding hydrogens is 246 g/mol. The fourth-order valence-corrected chi connectivity index (χ4v) is 3.29. The van der Waals surface area contributed by atoms with Gasteiger partial charge in [0.1, 0.15) is 0 Å². The van der Waals surface area contributed by atoms with Crippen LogP contribution in [-0.4, -0.2) is 15.8 Å². The highest BCUT2D eigenvalue weighted by molar-refractivity contribution is 5.61. The number of hydrogen-bond donors (Lipinski definition) is 1. The Balaban J connectivity index is 1.83. The van der Waals surface area contributed by atoms with E-state index in [0.29, 0.717) is 6.04 Å². The van der Waals surface area contributed by atoms with Crippen molar-refractivity contribution in [2.75, 3.05) is 5.32 Å². The molecule has 1 saturated carbocycles. The highest BCUT2D eigenvalue weighted by atomic mass is 15.3. The predicted molar refractivity (Wildman–Crippen MR) is 83.2 cm³/mol. The molecule has 1 N–H and O–H groups in total. The maximum atomic E-state index is 4.36. The maximum absolute atomic E-state index is 4.36. The monoisotopic (exact) mass is 269 g/mol. The fraction of sp³-hybridized carbons (Fsp3) is 0.471. The van der Waals surface area contributed by atoms with Crippen molar-refractivity contribution < 1.29 is 0 Å². The smallest absolute Gasteiger partial charge is 0.0876 e. The molecule has 3 rings (SSSR count). The third kappa shape index (κ3) is 2.72. The molecule has 2 aromatic rings. The van der Waals surface area contributed by atoms with Crippen LogP contribution in [0.5, 0.6) is 0 Å². The van der Waals surface area contributed by atoms with Crippen LogP contribution in [0, 0.1) is 5.92 Å². The molecule has 3 nitrogen and oxygen atoms in total. The second kappa shape index (κ2) is 6.12. The van der Waals surface area contributed by atoms with Crippen LogP contribution in [0.15, 0.2) is 42.7 Å². The molecule has 0 aliphatic heterocycles. The van der Waals surface area contributed by atoms with Crippen molar-refractivity contribution in [3.63, 3.8) is 0 Å². The van der Waals surface area contributed by atoms with E-state index in [1.807, 2.05) is 23.1 Å². The van der Waals surface area contributed by atoms with Crippen molar-refractivity contribution in [1.29, 1.82) is 0 Å². The molecule has 1 aromatic carbocycles. The van der Waals surface area contributed by atoms with Crippen molar-refractivity contribution in [2.24, 2.45) is 5.92 Å². The summed E-state index contributed by atoms with van der Waals surface area (Å²) in [5.41, 5.74) is 2.33. The van der Waals surface area contributed by atoms with Gasteiger partial charge in [0.2, 0.25) is 0 Å². The Hall–Kier alpha value is -1.77. The molecule has 1 aliphatic rings. The quantitative estimate of drug-likeness (QED) is 0.899. The van der Waals surface area contributed by atoms with Gasteiger partial charge in [0, 0.05) is 18.4 Å². The summed E-state index contributed by atoms with van der Waals surface area (Å²) in [6.45, 7) is 2.31. The van der Waals surface area contributed by atoms with Crippen LogP contribution in [0.1, 0.15) is 39.0 Å². The third-order valence-corrected chi connectivity index (χ3v) is 4.43. The van der Waals surface area contributed by atoms with Crippen molar-refractivity contribution in [2.45, 2.75) is 45.1 Å². The first-order valence-corrected chi connectivity index (χ1v) is 7.74. The van der Waals surface area contributed by atoms with Gasteiger partial charge in [0.15, 0.2) is 0 Å². The maximum Gasteiger partial charge on any atom is 0.0876 e. The molecule has 1 aromatic heterocycles. The highest BCUT2D eigenvalue weighted by Crippen LogP contribution is 2.31. The van der Waals surface area contributed by atoms with E-state index in [1.54, 1.807) is 0 Å². The van der Waals surface area contributed by atoms with Crippen molar-refractivity contribution in [3.8, 4) is 5.69 Å². The standard InChI is InChI=1S/C17H23N3/c1-2-14-8-3-4-9-15(14)19-16-10-5-6-11-17(16)20-13-7-12-18-20/h5-7,10-15,19H,2-4,8-9H2,1H3. The molecule has 0 saturated heterocycles. The Labute approximate surface area is 121 Å². The van der Waals surface area contributed by atoms with E-state index < -0.39 is 0 Å². The van der Waals surface area contributed by atoms with Crippen LogP contribution in [-0.2, 0) is 0 Å². The summed E-state index contributed by atoms with van der Waals surface area (Å²) in [6, 6.07) is 11.0. The summed E-state index contributed by atoms with van der Waals surface area (Å²) in [7, 11) is 0. The average Bonchev–Trinajstić information content (AvgIpc) is 3.02. The lowest BCUT2D eigenvalue weighted by atomic mass is 9.83. The van der Waals surface area contributed by atoms with Crippen LogP contribution < -0.4 is 5.32 Å². The van der Waals surface area contributed by atoms with Gasteiger partial charge in [-0.3, -0.25) is 0 Å². The van der Waals surface area contributed by atoms with E-state index in [9.17, 15) is 0 Å². The Kier molecular flexibility index (Phi) is 4.05. The molecule has 1 fully saturated rings. The Morgan fingerprint density at radius 3 is 2.85 bits per heavy atom. The minimum Gasteiger partial charge on any atom is -0.380 e. The number of rotatable bonds is 4. The van der Waals surface area contributed by atoms with Crippen molar-refractivity contribution >= 4 is 5.69 Å². The molecule has 106 valence electrons. The first-order valence-electron chi connectivity index (χ1n) is 7.74. The molecular formula is C17H23N3. The van der Waals surface area contributed by atoms with Gasteiger partial charge in [-0.25, -0.2) is 4.68 Å². The van der Waals surface area contributed by atoms with Gasteiger partial charge in [-0.2, -0.15) is 5.10 Å². The van der Waals surface area contributed by atoms with E-state index >= 15 is 0 Å². The van der Waals surface area contributed by atoms with Crippen LogP contribution in [0.2, 0.25) is 0 Å². The summed E-state index contributed by atoms with van der Waals surface area (Å²) in [4.78, 5) is 0. The SMILES string of the molecule is CCC1CCCCC1Nc1ccccc1-n1cccn1. The summed E-state index contributed by atoms with van der Waals surface area (Å²) in [5, 5.41) is 8.13. The second-order valence-electron chi connectivity index (χ2n) is 5.67. The zero-order valence-electron chi connectivity index (χ0n) is 12.1. The Bertz CT molecular complexity index is 533. The zero-order chi connectivity index (χ0) is 13.8. The van der Waals surface area contributed by atoms with Crippen molar-refractivity contribution in [1.82, 2.24) is 9.78 Å². The molecule has 2 atom stereocenters. The number of para-hydroxylation sites is 2. The van der Waals surface area contributed by atoms with E-state index in [-0.39, 0.29) is 0 Å². The zero-order valence-corrected chi connectivity index (χ0v) is 12.1. The van der Waals surface area contributed by atoms with Crippen LogP contribution >= 0.6 is 0 Å². The Morgan fingerprint density at radius 2 is 2.05 bits per heavy atom. The molecule has 1 aliphatic carbocycles. The Morgan fingerprint density at radius 1 is 1.20 bits per heavy atom. The first kappa shape index (κ1) is 13.2. The molecule has 0 spiro atoms. The van der Waals surface area contributed by atoms with Crippen LogP contribution in [0.25, 0.3) is 5.69 Å². The second-order valence-corrected chi connectivity index (χ2v) is 5.67. The van der Waals surface area contributed by atoms with E-state index in [1.165, 1.54) is 37.8 Å². The molecule has 3 heteroatoms. The highest BCUT2D eigenvalue weighted by Gasteiger charge is 2.24. The average molecular weight is 269 g/mol. The molecule has 0 bridgehead atoms. The normalized spacial score (nSPS) is 22.6. The van der Waals surface area contributed by atoms with Crippen LogP contribution in [0.3, 0.4) is 0 Å². The van der Waals surface area contributed by atoms with Gasteiger partial charge < -0.3 is 5.32 Å². The molecule has 20 heavy (non-hydrogen) atoms. The van der Waals surface area contributed by atoms with Gasteiger partial charge in [-0.05, 0) is 37.0 Å². The molecule has 0 amide bonds. The lowest BCUT2D eigenvalue weighted by Crippen LogP contribution is -2.32. The molecule has 0 radical (unpaired) electrons. The van der Waals surface area contributed by atoms with Gasteiger partial charge in [0.05, 0.1) is 11.4 Å². The lowest BCUT2D eigenvalue weighted by molar-refractivity contribution is 0.317. The van der Waals surface area contributed by atoms with E-state index in [0.717, 1.165) is 11.6 Å². The van der Waals surface area contributed by atoms with Gasteiger partial charge in [-0.15, -0.1) is 0 Å². The minimum absolute atomic E-state index is 0.602. The van der Waals surface area contributed by atoms with Crippen LogP contribution in [0.4, 0.5) is 5.69 Å². The largest absolute Gasteiger partial charge is 0.380 e. The number of nitrogens with one attached hydrogen (secondary N) is 1. The third-order valence-electron chi connectivity index (χ3n) is 4.43. The van der Waals surface area contributed by atoms with Crippen molar-refractivity contribution in [3.05, 3.63) is 42.7 Å². The minimum atomic E-state index is 0.602. The summed E-state index contributed by atoms with van der Waals surface area (Å²) >= 11 is 0. The first-order chi connectivity index (χ1) is 9.88. The van der Waals surface area contributed by atoms with E-state index in [2.05, 4.69) is 41.6 Å². The number of hydrogen-bond acceptors (Lipinski definition) is 2. The topological polar surface area (TPSA) is 29.9 Å². The number of aromatic nitrogens is 2. The van der Waals surface area contributed by atoms with Gasteiger partial charge in [-0.1, -0.05) is 38.3 Å². The summed E-state index contributed by atoms with van der Waals surface area (Å²) < 4.78 is 1.94. The summed E-state index contributed by atoms with van der Waals surface area (Å²) in [5.74, 6) is 0.800. The number of anilines is 1. The van der Waals surface area contributed by atoms with E-state index in [4.69, 9.17) is 0 Å². The summed E-state index contributed by atoms with van der Waals surface area (Å²) in [6.07, 6.45) is 10.5. The predicted octanol–water partition coefficient (Wildman–Crippen LogP) is 4.25. The molecule has 1 heterocycles. The molecule has 2 unspecified atom stereocenters. The number of benzene rings is 1. The number of nitrogens with zero attached hydrogens (tertiary/aromatic N) is 2. The van der Waals surface area contributed by atoms with Gasteiger partial charge in [0.25, 0.3) is 0 Å². The van der Waals surface area contributed by atoms with Gasteiger partial charge >= 0.3 is 0 Å². The fourth-order valence-electron chi connectivity index (χ4n) is 3.29.